The predicted molar refractivity (Wildman–Crippen MR) is 70.2 cm³/mol. The van der Waals surface area contributed by atoms with Crippen molar-refractivity contribution in [2.75, 3.05) is 6.54 Å². The van der Waals surface area contributed by atoms with Gasteiger partial charge >= 0.3 is 0 Å². The topological polar surface area (TPSA) is 64.4 Å². The van der Waals surface area contributed by atoms with E-state index in [0.717, 1.165) is 30.4 Å². The summed E-state index contributed by atoms with van der Waals surface area (Å²) in [4.78, 5) is 13.5. The van der Waals surface area contributed by atoms with Crippen molar-refractivity contribution >= 4 is 12.5 Å². The fourth-order valence-electron chi connectivity index (χ4n) is 2.62. The van der Waals surface area contributed by atoms with Gasteiger partial charge in [0.15, 0.2) is 0 Å². The van der Waals surface area contributed by atoms with Gasteiger partial charge in [-0.25, -0.2) is 0 Å². The van der Waals surface area contributed by atoms with Gasteiger partial charge in [0.2, 0.25) is 0 Å². The number of rotatable bonds is 4. The van der Waals surface area contributed by atoms with Gasteiger partial charge < -0.3 is 15.3 Å². The van der Waals surface area contributed by atoms with Crippen LogP contribution in [0.15, 0.2) is 18.2 Å². The van der Waals surface area contributed by atoms with Crippen LogP contribution >= 0.6 is 0 Å². The average molecular weight is 246 g/mol. The van der Waals surface area contributed by atoms with Crippen molar-refractivity contribution in [2.24, 2.45) is 0 Å². The van der Waals surface area contributed by atoms with Gasteiger partial charge in [-0.05, 0) is 49.2 Å². The average Bonchev–Trinajstić information content (AvgIpc) is 2.37. The number of carbonyl (C=O) groups excluding carboxylic acids is 1. The van der Waals surface area contributed by atoms with E-state index in [1.807, 2.05) is 13.0 Å². The Kier molecular flexibility index (Phi) is 3.77. The summed E-state index contributed by atoms with van der Waals surface area (Å²) in [6.07, 6.45) is 3.82. The molecule has 0 bridgehead atoms. The molecule has 0 radical (unpaired) electrons. The fourth-order valence-corrected chi connectivity index (χ4v) is 2.62. The number of nitrogens with zero attached hydrogens (tertiary/aromatic N) is 1. The molecular weight excluding hydrogens is 228 g/mol. The number of nitrogens with one attached hydrogen (secondary N) is 1. The van der Waals surface area contributed by atoms with E-state index in [1.165, 1.54) is 6.21 Å². The second-order valence-corrected chi connectivity index (χ2v) is 4.74. The molecule has 1 aliphatic heterocycles. The standard InChI is InChI=1S/C14H18N2O2/c1-10(4-6-15)16-7-5-11-8-12(18)2-3-13(11)14(16)9-17/h2-3,6,8-10,14-15,18H,4-5,7H2,1H3/t10?,14-/m0/s1. The third-order valence-electron chi connectivity index (χ3n) is 3.60. The van der Waals surface area contributed by atoms with Gasteiger partial charge in [0, 0.05) is 12.6 Å². The molecule has 1 heterocycles. The zero-order valence-corrected chi connectivity index (χ0v) is 10.5. The molecule has 1 unspecified atom stereocenters. The Morgan fingerprint density at radius 1 is 1.61 bits per heavy atom. The van der Waals surface area contributed by atoms with Crippen molar-refractivity contribution in [1.82, 2.24) is 4.90 Å². The van der Waals surface area contributed by atoms with Crippen LogP contribution in [0, 0.1) is 5.41 Å². The Bertz CT molecular complexity index is 459. The largest absolute Gasteiger partial charge is 0.508 e. The number of fused-ring (bicyclic) bond motifs is 1. The van der Waals surface area contributed by atoms with Crippen LogP contribution in [0.2, 0.25) is 0 Å². The summed E-state index contributed by atoms with van der Waals surface area (Å²) in [5.74, 6) is 0.249. The first-order valence-electron chi connectivity index (χ1n) is 6.19. The lowest BCUT2D eigenvalue weighted by Crippen LogP contribution is -2.42. The molecule has 18 heavy (non-hydrogen) atoms. The number of aldehydes is 1. The van der Waals surface area contributed by atoms with Crippen LogP contribution < -0.4 is 0 Å². The van der Waals surface area contributed by atoms with Crippen molar-refractivity contribution in [3.8, 4) is 5.75 Å². The molecule has 96 valence electrons. The maximum absolute atomic E-state index is 11.4. The van der Waals surface area contributed by atoms with Crippen molar-refractivity contribution in [2.45, 2.75) is 31.8 Å². The lowest BCUT2D eigenvalue weighted by atomic mass is 9.91. The molecule has 1 aromatic rings. The highest BCUT2D eigenvalue weighted by molar-refractivity contribution is 5.64. The number of phenolic OH excluding ortho intramolecular Hbond substituents is 1. The quantitative estimate of drug-likeness (QED) is 0.630. The maximum atomic E-state index is 11.4. The van der Waals surface area contributed by atoms with Crippen LogP contribution in [0.4, 0.5) is 0 Å². The number of carbonyl (C=O) groups is 1. The first kappa shape index (κ1) is 12.8. The van der Waals surface area contributed by atoms with E-state index in [1.54, 1.807) is 12.1 Å². The highest BCUT2D eigenvalue weighted by atomic mass is 16.3. The van der Waals surface area contributed by atoms with Gasteiger partial charge in [0.05, 0.1) is 6.04 Å². The van der Waals surface area contributed by atoms with Gasteiger partial charge in [-0.2, -0.15) is 0 Å². The lowest BCUT2D eigenvalue weighted by molar-refractivity contribution is -0.113. The van der Waals surface area contributed by atoms with Crippen LogP contribution in [0.25, 0.3) is 0 Å². The second-order valence-electron chi connectivity index (χ2n) is 4.74. The molecule has 2 atom stereocenters. The van der Waals surface area contributed by atoms with Gasteiger partial charge in [-0.15, -0.1) is 0 Å². The molecule has 0 aromatic heterocycles. The molecule has 0 spiro atoms. The summed E-state index contributed by atoms with van der Waals surface area (Å²) in [7, 11) is 0. The second kappa shape index (κ2) is 5.31. The highest BCUT2D eigenvalue weighted by Gasteiger charge is 2.29. The number of hydrogen-bond donors (Lipinski definition) is 2. The summed E-state index contributed by atoms with van der Waals surface area (Å²) in [6.45, 7) is 2.82. The molecule has 0 amide bonds. The molecule has 0 aliphatic carbocycles. The fraction of sp³-hybridized carbons (Fsp3) is 0.429. The number of phenols is 1. The zero-order valence-electron chi connectivity index (χ0n) is 10.5. The van der Waals surface area contributed by atoms with E-state index in [2.05, 4.69) is 4.90 Å². The van der Waals surface area contributed by atoms with Gasteiger partial charge in [-0.1, -0.05) is 6.07 Å². The van der Waals surface area contributed by atoms with Crippen LogP contribution in [-0.2, 0) is 11.2 Å². The van der Waals surface area contributed by atoms with Crippen LogP contribution in [0.1, 0.15) is 30.5 Å². The molecule has 1 aliphatic rings. The van der Waals surface area contributed by atoms with Crippen molar-refractivity contribution in [3.05, 3.63) is 29.3 Å². The lowest BCUT2D eigenvalue weighted by Gasteiger charge is -2.38. The monoisotopic (exact) mass is 246 g/mol. The van der Waals surface area contributed by atoms with Crippen molar-refractivity contribution in [1.29, 1.82) is 5.41 Å². The molecule has 4 heteroatoms. The minimum atomic E-state index is -0.260. The minimum Gasteiger partial charge on any atom is -0.508 e. The minimum absolute atomic E-state index is 0.180. The third-order valence-corrected chi connectivity index (χ3v) is 3.60. The van der Waals surface area contributed by atoms with E-state index in [-0.39, 0.29) is 17.8 Å². The normalized spacial score (nSPS) is 21.1. The molecule has 0 fully saturated rings. The summed E-state index contributed by atoms with van der Waals surface area (Å²) >= 11 is 0. The van der Waals surface area contributed by atoms with E-state index in [0.29, 0.717) is 6.42 Å². The SMILES string of the molecule is CC(CC=N)N1CCc2cc(O)ccc2[C@@H]1C=O. The van der Waals surface area contributed by atoms with E-state index in [4.69, 9.17) is 5.41 Å². The number of aromatic hydroxyl groups is 1. The summed E-state index contributed by atoms with van der Waals surface area (Å²) in [6, 6.07) is 5.11. The van der Waals surface area contributed by atoms with Gasteiger partial charge in [-0.3, -0.25) is 4.90 Å². The molecule has 0 saturated carbocycles. The first-order valence-corrected chi connectivity index (χ1v) is 6.19. The summed E-state index contributed by atoms with van der Waals surface area (Å²) in [5.41, 5.74) is 2.02. The van der Waals surface area contributed by atoms with Gasteiger partial charge in [0.1, 0.15) is 12.0 Å². The highest BCUT2D eigenvalue weighted by Crippen LogP contribution is 2.32. The van der Waals surface area contributed by atoms with Crippen molar-refractivity contribution in [3.63, 3.8) is 0 Å². The first-order chi connectivity index (χ1) is 8.67. The summed E-state index contributed by atoms with van der Waals surface area (Å²) in [5, 5.41) is 16.6. The Morgan fingerprint density at radius 3 is 3.06 bits per heavy atom. The molecule has 2 N–H and O–H groups in total. The Morgan fingerprint density at radius 2 is 2.39 bits per heavy atom. The number of hydrogen-bond acceptors (Lipinski definition) is 4. The molecule has 0 saturated heterocycles. The van der Waals surface area contributed by atoms with Crippen LogP contribution in [0.3, 0.4) is 0 Å². The molecular formula is C14H18N2O2. The smallest absolute Gasteiger partial charge is 0.141 e. The maximum Gasteiger partial charge on any atom is 0.141 e. The molecule has 4 nitrogen and oxygen atoms in total. The van der Waals surface area contributed by atoms with Crippen LogP contribution in [0.5, 0.6) is 5.75 Å². The van der Waals surface area contributed by atoms with E-state index in [9.17, 15) is 9.90 Å². The summed E-state index contributed by atoms with van der Waals surface area (Å²) < 4.78 is 0. The zero-order chi connectivity index (χ0) is 13.1. The molecule has 2 rings (SSSR count). The Balaban J connectivity index is 2.31. The van der Waals surface area contributed by atoms with E-state index >= 15 is 0 Å². The number of benzene rings is 1. The Hall–Kier alpha value is -1.68. The van der Waals surface area contributed by atoms with Crippen molar-refractivity contribution < 1.29 is 9.90 Å². The third kappa shape index (κ3) is 2.29. The Labute approximate surface area is 107 Å². The predicted octanol–water partition coefficient (Wildman–Crippen LogP) is 1.92. The van der Waals surface area contributed by atoms with Crippen LogP contribution in [-0.4, -0.2) is 35.1 Å². The van der Waals surface area contributed by atoms with Gasteiger partial charge in [0.25, 0.3) is 0 Å². The van der Waals surface area contributed by atoms with E-state index < -0.39 is 0 Å². The molecule has 1 aromatic carbocycles.